The highest BCUT2D eigenvalue weighted by Crippen LogP contribution is 2.30. The van der Waals surface area contributed by atoms with Crippen LogP contribution in [-0.2, 0) is 0 Å². The molecule has 0 aliphatic heterocycles. The zero-order chi connectivity index (χ0) is 14.1. The first-order valence-corrected chi connectivity index (χ1v) is 7.41. The molecule has 0 amide bonds. The molecule has 1 aromatic heterocycles. The summed E-state index contributed by atoms with van der Waals surface area (Å²) in [5.41, 5.74) is 2.26. The first-order chi connectivity index (χ1) is 9.65. The van der Waals surface area contributed by atoms with Crippen LogP contribution in [0.1, 0.15) is 31.2 Å². The van der Waals surface area contributed by atoms with Gasteiger partial charge < -0.3 is 9.64 Å². The topological polar surface area (TPSA) is 41.1 Å². The Morgan fingerprint density at radius 2 is 2.10 bits per heavy atom. The quantitative estimate of drug-likeness (QED) is 0.942. The molecular weight excluding hydrogens is 286 g/mol. The fourth-order valence-electron chi connectivity index (χ4n) is 3.14. The summed E-state index contributed by atoms with van der Waals surface area (Å²) in [6.45, 7) is 2.11. The van der Waals surface area contributed by atoms with Crippen LogP contribution in [0.25, 0.3) is 10.9 Å². The van der Waals surface area contributed by atoms with Gasteiger partial charge in [-0.2, -0.15) is 5.10 Å². The third kappa shape index (κ3) is 3.33. The Bertz CT molecular complexity index is 596. The smallest absolute Gasteiger partial charge is 0.123 e. The van der Waals surface area contributed by atoms with Gasteiger partial charge in [0.15, 0.2) is 0 Å². The van der Waals surface area contributed by atoms with Crippen molar-refractivity contribution in [3.05, 3.63) is 23.9 Å². The molecule has 3 rings (SSSR count). The predicted molar refractivity (Wildman–Crippen MR) is 88.4 cm³/mol. The number of aryl methyl sites for hydroxylation is 1. The summed E-state index contributed by atoms with van der Waals surface area (Å²) in [7, 11) is 4.33. The lowest BCUT2D eigenvalue weighted by atomic mass is 9.92. The molecule has 2 atom stereocenters. The predicted octanol–water partition coefficient (Wildman–Crippen LogP) is 3.54. The fraction of sp³-hybridized carbons (Fsp3) is 0.562. The van der Waals surface area contributed by atoms with E-state index in [1.54, 1.807) is 0 Å². The molecule has 1 heterocycles. The van der Waals surface area contributed by atoms with E-state index in [9.17, 15) is 0 Å². The zero-order valence-corrected chi connectivity index (χ0v) is 13.7. The van der Waals surface area contributed by atoms with Gasteiger partial charge in [-0.25, -0.2) is 0 Å². The molecule has 5 heteroatoms. The molecule has 1 aromatic carbocycles. The van der Waals surface area contributed by atoms with Crippen molar-refractivity contribution >= 4 is 23.3 Å². The number of aromatic nitrogens is 2. The Hall–Kier alpha value is -1.26. The maximum Gasteiger partial charge on any atom is 0.123 e. The van der Waals surface area contributed by atoms with Crippen LogP contribution >= 0.6 is 12.4 Å². The van der Waals surface area contributed by atoms with Crippen molar-refractivity contribution in [3.63, 3.8) is 0 Å². The Labute approximate surface area is 132 Å². The molecule has 1 N–H and O–H groups in total. The van der Waals surface area contributed by atoms with E-state index in [0.717, 1.165) is 29.5 Å². The van der Waals surface area contributed by atoms with E-state index in [1.165, 1.54) is 18.4 Å². The second-order valence-electron chi connectivity index (χ2n) is 6.04. The maximum absolute atomic E-state index is 6.28. The molecule has 0 bridgehead atoms. The van der Waals surface area contributed by atoms with Crippen LogP contribution in [0, 0.1) is 6.92 Å². The minimum atomic E-state index is 0. The third-order valence-electron chi connectivity index (χ3n) is 4.47. The number of fused-ring (bicyclic) bond motifs is 1. The summed E-state index contributed by atoms with van der Waals surface area (Å²) in [4.78, 5) is 2.32. The number of rotatable bonds is 3. The molecular formula is C16H24ClN3O. The Morgan fingerprint density at radius 1 is 1.29 bits per heavy atom. The van der Waals surface area contributed by atoms with Crippen molar-refractivity contribution in [1.29, 1.82) is 0 Å². The first kappa shape index (κ1) is 16.1. The summed E-state index contributed by atoms with van der Waals surface area (Å²) >= 11 is 0. The second-order valence-corrected chi connectivity index (χ2v) is 6.04. The van der Waals surface area contributed by atoms with Gasteiger partial charge in [0, 0.05) is 17.0 Å². The molecule has 1 fully saturated rings. The molecule has 0 saturated heterocycles. The largest absolute Gasteiger partial charge is 0.490 e. The summed E-state index contributed by atoms with van der Waals surface area (Å²) < 4.78 is 6.28. The molecule has 0 unspecified atom stereocenters. The van der Waals surface area contributed by atoms with Crippen molar-refractivity contribution in [2.45, 2.75) is 44.8 Å². The van der Waals surface area contributed by atoms with Gasteiger partial charge in [-0.3, -0.25) is 5.10 Å². The van der Waals surface area contributed by atoms with E-state index in [-0.39, 0.29) is 12.4 Å². The molecule has 0 spiro atoms. The summed E-state index contributed by atoms with van der Waals surface area (Å²) in [5.74, 6) is 1.00. The minimum Gasteiger partial charge on any atom is -0.490 e. The summed E-state index contributed by atoms with van der Waals surface area (Å²) in [6.07, 6.45) is 7.02. The standard InChI is InChI=1S/C16H23N3O.ClH/c1-11-14-10-17-18-15(14)7-8-16(11)20-13-6-4-5-12(9-13)19(2)3;/h7-8,10,12-13H,4-6,9H2,1-3H3,(H,17,18);1H/t12-,13-;/m0./s1. The van der Waals surface area contributed by atoms with Gasteiger partial charge in [-0.1, -0.05) is 0 Å². The lowest BCUT2D eigenvalue weighted by molar-refractivity contribution is 0.0998. The fourth-order valence-corrected chi connectivity index (χ4v) is 3.14. The van der Waals surface area contributed by atoms with Crippen LogP contribution in [0.2, 0.25) is 0 Å². The Kier molecular flexibility index (Phi) is 5.12. The molecule has 116 valence electrons. The third-order valence-corrected chi connectivity index (χ3v) is 4.47. The molecule has 0 radical (unpaired) electrons. The van der Waals surface area contributed by atoms with Crippen LogP contribution in [0.3, 0.4) is 0 Å². The van der Waals surface area contributed by atoms with Gasteiger partial charge >= 0.3 is 0 Å². The Balaban J connectivity index is 0.00000161. The van der Waals surface area contributed by atoms with Gasteiger partial charge in [-0.15, -0.1) is 12.4 Å². The van der Waals surface area contributed by atoms with Gasteiger partial charge in [0.1, 0.15) is 11.9 Å². The van der Waals surface area contributed by atoms with Crippen molar-refractivity contribution in [2.75, 3.05) is 14.1 Å². The van der Waals surface area contributed by atoms with Crippen LogP contribution < -0.4 is 4.74 Å². The molecule has 1 aliphatic carbocycles. The minimum absolute atomic E-state index is 0. The number of H-pyrrole nitrogens is 1. The number of hydrogen-bond acceptors (Lipinski definition) is 3. The number of nitrogens with zero attached hydrogens (tertiary/aromatic N) is 2. The van der Waals surface area contributed by atoms with Crippen molar-refractivity contribution < 1.29 is 4.74 Å². The monoisotopic (exact) mass is 309 g/mol. The Morgan fingerprint density at radius 3 is 2.86 bits per heavy atom. The molecule has 1 aliphatic rings. The highest BCUT2D eigenvalue weighted by molar-refractivity contribution is 5.85. The van der Waals surface area contributed by atoms with E-state index in [0.29, 0.717) is 12.1 Å². The van der Waals surface area contributed by atoms with E-state index in [4.69, 9.17) is 4.74 Å². The van der Waals surface area contributed by atoms with E-state index >= 15 is 0 Å². The molecule has 2 aromatic rings. The van der Waals surface area contributed by atoms with Crippen molar-refractivity contribution in [2.24, 2.45) is 0 Å². The van der Waals surface area contributed by atoms with Crippen LogP contribution in [0.4, 0.5) is 0 Å². The second kappa shape index (κ2) is 6.67. The highest BCUT2D eigenvalue weighted by Gasteiger charge is 2.25. The number of hydrogen-bond donors (Lipinski definition) is 1. The maximum atomic E-state index is 6.28. The van der Waals surface area contributed by atoms with Gasteiger partial charge in [0.05, 0.1) is 11.7 Å². The average Bonchev–Trinajstić information content (AvgIpc) is 2.91. The SMILES string of the molecule is Cc1c(O[C@H]2CCC[C@H](N(C)C)C2)ccc2[nH]ncc12.Cl. The van der Waals surface area contributed by atoms with Crippen LogP contribution in [0.5, 0.6) is 5.75 Å². The van der Waals surface area contributed by atoms with Gasteiger partial charge in [0.25, 0.3) is 0 Å². The number of ether oxygens (including phenoxy) is 1. The van der Waals surface area contributed by atoms with Crippen molar-refractivity contribution in [1.82, 2.24) is 15.1 Å². The molecule has 1 saturated carbocycles. The number of nitrogens with one attached hydrogen (secondary N) is 1. The average molecular weight is 310 g/mol. The zero-order valence-electron chi connectivity index (χ0n) is 12.9. The lowest BCUT2D eigenvalue weighted by Crippen LogP contribution is -2.37. The summed E-state index contributed by atoms with van der Waals surface area (Å²) in [5, 5.41) is 8.25. The summed E-state index contributed by atoms with van der Waals surface area (Å²) in [6, 6.07) is 4.76. The number of aromatic amines is 1. The van der Waals surface area contributed by atoms with Crippen LogP contribution in [-0.4, -0.2) is 41.3 Å². The van der Waals surface area contributed by atoms with Crippen LogP contribution in [0.15, 0.2) is 18.3 Å². The number of benzene rings is 1. The normalized spacial score (nSPS) is 22.3. The van der Waals surface area contributed by atoms with E-state index < -0.39 is 0 Å². The van der Waals surface area contributed by atoms with Gasteiger partial charge in [0.2, 0.25) is 0 Å². The molecule has 21 heavy (non-hydrogen) atoms. The van der Waals surface area contributed by atoms with E-state index in [1.807, 2.05) is 6.20 Å². The highest BCUT2D eigenvalue weighted by atomic mass is 35.5. The van der Waals surface area contributed by atoms with Gasteiger partial charge in [-0.05, 0) is 58.8 Å². The van der Waals surface area contributed by atoms with E-state index in [2.05, 4.69) is 48.2 Å². The first-order valence-electron chi connectivity index (χ1n) is 7.41. The van der Waals surface area contributed by atoms with Crippen molar-refractivity contribution in [3.8, 4) is 5.75 Å². The molecule has 4 nitrogen and oxygen atoms in total. The number of halogens is 1. The lowest BCUT2D eigenvalue weighted by Gasteiger charge is -2.33.